The highest BCUT2D eigenvalue weighted by Gasteiger charge is 2.46. The molecule has 3 amide bonds. The number of amides is 3. The molecular weight excluding hydrogens is 614 g/mol. The van der Waals surface area contributed by atoms with Crippen molar-refractivity contribution in [2.75, 3.05) is 19.8 Å². The molecule has 1 aromatic rings. The van der Waals surface area contributed by atoms with Crippen LogP contribution in [0.1, 0.15) is 31.6 Å². The van der Waals surface area contributed by atoms with Crippen LogP contribution in [0.3, 0.4) is 0 Å². The molecule has 8 atom stereocenters. The van der Waals surface area contributed by atoms with Gasteiger partial charge in [-0.2, -0.15) is 0 Å². The van der Waals surface area contributed by atoms with Gasteiger partial charge in [-0.25, -0.2) is 14.2 Å². The Morgan fingerprint density at radius 3 is 2.51 bits per heavy atom. The van der Waals surface area contributed by atoms with E-state index in [4.69, 9.17) is 40.1 Å². The molecule has 0 saturated carbocycles. The molecular formula is C20H30N4O14P2S. The van der Waals surface area contributed by atoms with Crippen LogP contribution in [0.15, 0.2) is 15.8 Å². The first-order chi connectivity index (χ1) is 19.0. The van der Waals surface area contributed by atoms with E-state index in [2.05, 4.69) is 14.8 Å². The quantitative estimate of drug-likeness (QED) is 0.159. The van der Waals surface area contributed by atoms with Crippen LogP contribution >= 0.6 is 14.5 Å². The van der Waals surface area contributed by atoms with Crippen LogP contribution in [0.25, 0.3) is 0 Å². The van der Waals surface area contributed by atoms with E-state index in [1.165, 1.54) is 18.0 Å². The molecule has 3 fully saturated rings. The zero-order valence-corrected chi connectivity index (χ0v) is 24.3. The number of aromatic nitrogens is 2. The van der Waals surface area contributed by atoms with Gasteiger partial charge in [0.2, 0.25) is 5.91 Å². The number of rotatable bonds is 10. The molecule has 8 unspecified atom stereocenters. The first kappa shape index (κ1) is 32.1. The lowest BCUT2D eigenvalue weighted by molar-refractivity contribution is -0.128. The van der Waals surface area contributed by atoms with Gasteiger partial charge >= 0.3 is 26.3 Å². The van der Waals surface area contributed by atoms with E-state index in [1.54, 1.807) is 6.92 Å². The zero-order chi connectivity index (χ0) is 30.3. The van der Waals surface area contributed by atoms with Crippen LogP contribution in [0.4, 0.5) is 4.79 Å². The fourth-order valence-electron chi connectivity index (χ4n) is 4.58. The number of nitrogens with one attached hydrogen (secondary N) is 2. The molecule has 1 aromatic heterocycles. The fourth-order valence-corrected chi connectivity index (χ4v) is 6.41. The number of phosphoric ester groups is 1. The number of imide groups is 1. The number of carbonyl (C=O) groups excluding carboxylic acids is 2. The van der Waals surface area contributed by atoms with E-state index in [0.29, 0.717) is 0 Å². The lowest BCUT2D eigenvalue weighted by Crippen LogP contribution is -2.57. The Morgan fingerprint density at radius 1 is 1.12 bits per heavy atom. The Labute approximate surface area is 237 Å². The zero-order valence-electron chi connectivity index (χ0n) is 21.7. The van der Waals surface area contributed by atoms with Gasteiger partial charge in [-0.3, -0.25) is 33.9 Å². The SMILES string of the molecule is Cc1cn(C2OC(COP(O)(=S)OC3CC(N4CC(C)C(=O)NC4=O)OC3COP(=O)(O)O)CC2O)c(=O)[nH]c1=O. The minimum Gasteiger partial charge on any atom is -0.388 e. The summed E-state index contributed by atoms with van der Waals surface area (Å²) in [6.07, 6.45) is -5.38. The smallest absolute Gasteiger partial charge is 0.388 e. The average Bonchev–Trinajstić information content (AvgIpc) is 3.43. The van der Waals surface area contributed by atoms with Gasteiger partial charge in [-0.05, 0) is 18.7 Å². The number of aryl methyl sites for hydroxylation is 1. The summed E-state index contributed by atoms with van der Waals surface area (Å²) in [5.41, 5.74) is -1.15. The number of aromatic amines is 1. The van der Waals surface area contributed by atoms with Crippen LogP contribution in [0.2, 0.25) is 0 Å². The number of carbonyl (C=O) groups is 2. The van der Waals surface area contributed by atoms with E-state index in [-0.39, 0.29) is 31.6 Å². The highest BCUT2D eigenvalue weighted by atomic mass is 32.5. The van der Waals surface area contributed by atoms with Gasteiger partial charge in [0.1, 0.15) is 18.4 Å². The van der Waals surface area contributed by atoms with Crippen LogP contribution in [-0.4, -0.2) is 96.6 Å². The van der Waals surface area contributed by atoms with Gasteiger partial charge in [0, 0.05) is 31.1 Å². The maximum absolute atomic E-state index is 12.4. The van der Waals surface area contributed by atoms with Gasteiger partial charge in [-0.1, -0.05) is 6.92 Å². The van der Waals surface area contributed by atoms with E-state index in [1.807, 2.05) is 0 Å². The Balaban J connectivity index is 1.40. The molecule has 21 heteroatoms. The highest BCUT2D eigenvalue weighted by Crippen LogP contribution is 2.49. The summed E-state index contributed by atoms with van der Waals surface area (Å²) >= 11 is 5.10. The number of hydrogen-bond donors (Lipinski definition) is 6. The molecule has 3 aliphatic heterocycles. The van der Waals surface area contributed by atoms with Crippen molar-refractivity contribution in [3.8, 4) is 0 Å². The molecule has 6 N–H and O–H groups in total. The van der Waals surface area contributed by atoms with Gasteiger partial charge in [0.05, 0.1) is 31.3 Å². The summed E-state index contributed by atoms with van der Waals surface area (Å²) in [5.74, 6) is -1.03. The van der Waals surface area contributed by atoms with Crippen molar-refractivity contribution in [2.24, 2.45) is 5.92 Å². The van der Waals surface area contributed by atoms with Crippen molar-refractivity contribution in [3.63, 3.8) is 0 Å². The third-order valence-electron chi connectivity index (χ3n) is 6.62. The summed E-state index contributed by atoms with van der Waals surface area (Å²) in [7, 11) is -4.92. The number of ether oxygens (including phenoxy) is 2. The number of nitrogens with zero attached hydrogens (tertiary/aromatic N) is 2. The van der Waals surface area contributed by atoms with E-state index < -0.39 is 87.1 Å². The number of hydrogen-bond acceptors (Lipinski definition) is 12. The first-order valence-electron chi connectivity index (χ1n) is 12.3. The highest BCUT2D eigenvalue weighted by molar-refractivity contribution is 8.07. The Bertz CT molecular complexity index is 1380. The van der Waals surface area contributed by atoms with Crippen molar-refractivity contribution >= 4 is 38.3 Å². The third kappa shape index (κ3) is 7.95. The maximum atomic E-state index is 12.4. The molecule has 3 saturated heterocycles. The van der Waals surface area contributed by atoms with Gasteiger partial charge in [-0.15, -0.1) is 0 Å². The lowest BCUT2D eigenvalue weighted by Gasteiger charge is -2.34. The monoisotopic (exact) mass is 644 g/mol. The Hall–Kier alpha value is -1.86. The van der Waals surface area contributed by atoms with Crippen LogP contribution < -0.4 is 16.6 Å². The number of phosphoric acid groups is 1. The molecule has 230 valence electrons. The standard InChI is InChI=1S/C20H30N4O14P2S/c1-9-5-23(19(28)21-16(9)26)15-4-13(14(37-15)8-34-39(30,31)32)38-40(33,41)35-7-11-3-12(25)18(36-11)24-6-10(2)17(27)22-20(24)29/h6,9,11-15,18,25H,3-5,7-8H2,1-2H3,(H,33,41)(H,21,26,28)(H,22,27,29)(H2,30,31,32). The topological polar surface area (TPSA) is 248 Å². The predicted octanol–water partition coefficient (Wildman–Crippen LogP) is -1.48. The molecule has 0 spiro atoms. The summed E-state index contributed by atoms with van der Waals surface area (Å²) in [5, 5.41) is 12.6. The second kappa shape index (κ2) is 12.4. The molecule has 18 nitrogen and oxygen atoms in total. The number of urea groups is 1. The number of aliphatic hydroxyl groups excluding tert-OH is 1. The van der Waals surface area contributed by atoms with E-state index >= 15 is 0 Å². The predicted molar refractivity (Wildman–Crippen MR) is 139 cm³/mol. The minimum atomic E-state index is -4.92. The molecule has 0 aliphatic carbocycles. The molecule has 0 radical (unpaired) electrons. The van der Waals surface area contributed by atoms with E-state index in [9.17, 15) is 33.7 Å². The second-order valence-electron chi connectivity index (χ2n) is 9.84. The molecule has 4 rings (SSSR count). The largest absolute Gasteiger partial charge is 0.469 e. The summed E-state index contributed by atoms with van der Waals surface area (Å²) in [4.78, 5) is 80.3. The molecule has 0 aromatic carbocycles. The van der Waals surface area contributed by atoms with Gasteiger partial charge in [0.15, 0.2) is 6.23 Å². The van der Waals surface area contributed by atoms with Gasteiger partial charge in [0.25, 0.3) is 5.56 Å². The van der Waals surface area contributed by atoms with Crippen LogP contribution in [-0.2, 0) is 44.2 Å². The van der Waals surface area contributed by atoms with Crippen molar-refractivity contribution in [1.29, 1.82) is 0 Å². The minimum absolute atomic E-state index is 0.00165. The summed E-state index contributed by atoms with van der Waals surface area (Å²) in [6, 6.07) is -0.739. The molecule has 0 bridgehead atoms. The number of H-pyrrole nitrogens is 1. The molecule has 3 aliphatic rings. The first-order valence-corrected chi connectivity index (χ1v) is 16.4. The lowest BCUT2D eigenvalue weighted by atomic mass is 10.1. The van der Waals surface area contributed by atoms with Crippen LogP contribution in [0.5, 0.6) is 0 Å². The van der Waals surface area contributed by atoms with Gasteiger partial charge < -0.3 is 38.3 Å². The van der Waals surface area contributed by atoms with Crippen molar-refractivity contribution in [3.05, 3.63) is 32.6 Å². The van der Waals surface area contributed by atoms with Crippen molar-refractivity contribution in [2.45, 2.75) is 63.6 Å². The average molecular weight is 644 g/mol. The fraction of sp³-hybridized carbons (Fsp3) is 0.700. The summed E-state index contributed by atoms with van der Waals surface area (Å²) < 4.78 is 39.2. The third-order valence-corrected chi connectivity index (χ3v) is 8.69. The van der Waals surface area contributed by atoms with Crippen LogP contribution in [0, 0.1) is 12.8 Å². The second-order valence-corrected chi connectivity index (χ2v) is 13.9. The Kier molecular flexibility index (Phi) is 9.70. The Morgan fingerprint density at radius 2 is 1.83 bits per heavy atom. The summed E-state index contributed by atoms with van der Waals surface area (Å²) in [6.45, 7) is -2.07. The number of aliphatic hydroxyl groups is 1. The van der Waals surface area contributed by atoms with Crippen molar-refractivity contribution in [1.82, 2.24) is 19.8 Å². The molecule has 4 heterocycles. The van der Waals surface area contributed by atoms with Crippen molar-refractivity contribution < 1.29 is 57.0 Å². The maximum Gasteiger partial charge on any atom is 0.469 e. The molecule has 41 heavy (non-hydrogen) atoms. The van der Waals surface area contributed by atoms with E-state index in [0.717, 1.165) is 4.57 Å². The normalized spacial score (nSPS) is 32.2.